The number of hydrogen-bond acceptors (Lipinski definition) is 2. The Bertz CT molecular complexity index is 503. The summed E-state index contributed by atoms with van der Waals surface area (Å²) in [4.78, 5) is 11.4. The maximum absolute atomic E-state index is 11.4. The van der Waals surface area contributed by atoms with Crippen LogP contribution in [0.2, 0.25) is 0 Å². The number of nitrogens with zero attached hydrogens (tertiary/aromatic N) is 3. The molecule has 0 bridgehead atoms. The first-order valence-electron chi connectivity index (χ1n) is 4.60. The normalized spacial score (nSPS) is 10.5. The molecule has 0 atom stereocenters. The minimum absolute atomic E-state index is 0.0173. The molecule has 0 saturated heterocycles. The van der Waals surface area contributed by atoms with Gasteiger partial charge in [-0.2, -0.15) is 5.10 Å². The van der Waals surface area contributed by atoms with Crippen LogP contribution in [0.4, 0.5) is 0 Å². The van der Waals surface area contributed by atoms with Gasteiger partial charge < -0.3 is 4.57 Å². The van der Waals surface area contributed by atoms with Crippen molar-refractivity contribution in [1.29, 1.82) is 0 Å². The predicted octanol–water partition coefficient (Wildman–Crippen LogP) is 1.51. The molecular formula is C10H10BrN3O. The van der Waals surface area contributed by atoms with Crippen LogP contribution < -0.4 is 5.56 Å². The van der Waals surface area contributed by atoms with E-state index < -0.39 is 0 Å². The molecule has 0 amide bonds. The Hall–Kier alpha value is -1.36. The molecule has 2 aromatic rings. The fraction of sp³-hybridized carbons (Fsp3) is 0.200. The number of halogens is 1. The molecule has 5 heteroatoms. The second kappa shape index (κ2) is 4.44. The highest BCUT2D eigenvalue weighted by Crippen LogP contribution is 2.03. The molecule has 0 aliphatic rings. The van der Waals surface area contributed by atoms with Crippen LogP contribution in [0, 0.1) is 0 Å². The second-order valence-corrected chi connectivity index (χ2v) is 3.95. The quantitative estimate of drug-likeness (QED) is 0.846. The molecule has 0 saturated carbocycles. The standard InChI is InChI=1S/C10H10BrN3O/c11-9-4-6-14(12-9)8-7-13-5-2-1-3-10(13)15/h1-6H,7-8H2. The highest BCUT2D eigenvalue weighted by Gasteiger charge is 1.96. The van der Waals surface area contributed by atoms with E-state index in [0.29, 0.717) is 13.1 Å². The average Bonchev–Trinajstić information content (AvgIpc) is 2.63. The first-order valence-corrected chi connectivity index (χ1v) is 5.39. The molecule has 0 aliphatic heterocycles. The van der Waals surface area contributed by atoms with Crippen molar-refractivity contribution in [2.45, 2.75) is 13.1 Å². The molecule has 2 rings (SSSR count). The van der Waals surface area contributed by atoms with E-state index in [0.717, 1.165) is 4.60 Å². The number of aryl methyl sites for hydroxylation is 2. The molecule has 0 spiro atoms. The van der Waals surface area contributed by atoms with Crippen molar-refractivity contribution in [3.05, 3.63) is 51.6 Å². The average molecular weight is 268 g/mol. The fourth-order valence-corrected chi connectivity index (χ4v) is 1.64. The molecule has 2 aromatic heterocycles. The molecule has 0 radical (unpaired) electrons. The van der Waals surface area contributed by atoms with Gasteiger partial charge in [0.15, 0.2) is 0 Å². The van der Waals surface area contributed by atoms with Gasteiger partial charge in [-0.3, -0.25) is 9.48 Å². The Morgan fingerprint density at radius 3 is 2.73 bits per heavy atom. The summed E-state index contributed by atoms with van der Waals surface area (Å²) in [6.45, 7) is 1.32. The SMILES string of the molecule is O=c1ccccn1CCn1ccc(Br)n1. The zero-order valence-corrected chi connectivity index (χ0v) is 9.59. The predicted molar refractivity (Wildman–Crippen MR) is 60.6 cm³/mol. The monoisotopic (exact) mass is 267 g/mol. The zero-order valence-electron chi connectivity index (χ0n) is 8.01. The van der Waals surface area contributed by atoms with Crippen molar-refractivity contribution >= 4 is 15.9 Å². The molecular weight excluding hydrogens is 258 g/mol. The highest BCUT2D eigenvalue weighted by atomic mass is 79.9. The third-order valence-corrected chi connectivity index (χ3v) is 2.50. The van der Waals surface area contributed by atoms with Gasteiger partial charge >= 0.3 is 0 Å². The smallest absolute Gasteiger partial charge is 0.250 e. The minimum atomic E-state index is 0.0173. The highest BCUT2D eigenvalue weighted by molar-refractivity contribution is 9.10. The van der Waals surface area contributed by atoms with Crippen LogP contribution in [-0.2, 0) is 13.1 Å². The number of hydrogen-bond donors (Lipinski definition) is 0. The molecule has 78 valence electrons. The van der Waals surface area contributed by atoms with Crippen LogP contribution in [0.3, 0.4) is 0 Å². The minimum Gasteiger partial charge on any atom is -0.314 e. The van der Waals surface area contributed by atoms with E-state index in [1.807, 2.05) is 18.3 Å². The largest absolute Gasteiger partial charge is 0.314 e. The Kier molecular flexibility index (Phi) is 3.01. The number of pyridine rings is 1. The zero-order chi connectivity index (χ0) is 10.7. The maximum atomic E-state index is 11.4. The fourth-order valence-electron chi connectivity index (χ4n) is 1.32. The third-order valence-electron chi connectivity index (χ3n) is 2.08. The molecule has 2 heterocycles. The van der Waals surface area contributed by atoms with Crippen molar-refractivity contribution in [1.82, 2.24) is 14.3 Å². The van der Waals surface area contributed by atoms with Gasteiger partial charge in [-0.15, -0.1) is 0 Å². The van der Waals surface area contributed by atoms with Gasteiger partial charge in [0.25, 0.3) is 5.56 Å². The summed E-state index contributed by atoms with van der Waals surface area (Å²) in [6, 6.07) is 7.01. The van der Waals surface area contributed by atoms with Crippen molar-refractivity contribution in [3.63, 3.8) is 0 Å². The lowest BCUT2D eigenvalue weighted by atomic mass is 10.4. The number of aromatic nitrogens is 3. The van der Waals surface area contributed by atoms with Crippen LogP contribution in [0.25, 0.3) is 0 Å². The van der Waals surface area contributed by atoms with Gasteiger partial charge in [0.2, 0.25) is 0 Å². The summed E-state index contributed by atoms with van der Waals surface area (Å²) in [5, 5.41) is 4.17. The summed E-state index contributed by atoms with van der Waals surface area (Å²) in [5.74, 6) is 0. The third kappa shape index (κ3) is 2.56. The lowest BCUT2D eigenvalue weighted by Crippen LogP contribution is -2.20. The summed E-state index contributed by atoms with van der Waals surface area (Å²) in [6.07, 6.45) is 3.65. The summed E-state index contributed by atoms with van der Waals surface area (Å²) in [5.41, 5.74) is 0.0173. The van der Waals surface area contributed by atoms with E-state index >= 15 is 0 Å². The van der Waals surface area contributed by atoms with Gasteiger partial charge in [-0.1, -0.05) is 6.07 Å². The van der Waals surface area contributed by atoms with Gasteiger partial charge in [0.05, 0.1) is 6.54 Å². The van der Waals surface area contributed by atoms with E-state index in [-0.39, 0.29) is 5.56 Å². The molecule has 0 N–H and O–H groups in total. The summed E-state index contributed by atoms with van der Waals surface area (Å²) in [7, 11) is 0. The molecule has 4 nitrogen and oxygen atoms in total. The Balaban J connectivity index is 2.05. The maximum Gasteiger partial charge on any atom is 0.250 e. The lowest BCUT2D eigenvalue weighted by Gasteiger charge is -2.04. The summed E-state index contributed by atoms with van der Waals surface area (Å²) >= 11 is 3.27. The van der Waals surface area contributed by atoms with E-state index in [2.05, 4.69) is 21.0 Å². The van der Waals surface area contributed by atoms with Crippen LogP contribution >= 0.6 is 15.9 Å². The molecule has 0 aromatic carbocycles. The van der Waals surface area contributed by atoms with Crippen LogP contribution in [0.1, 0.15) is 0 Å². The van der Waals surface area contributed by atoms with Crippen molar-refractivity contribution in [3.8, 4) is 0 Å². The van der Waals surface area contributed by atoms with Gasteiger partial charge in [0.1, 0.15) is 4.60 Å². The Labute approximate surface area is 95.3 Å². The van der Waals surface area contributed by atoms with Crippen molar-refractivity contribution < 1.29 is 0 Å². The van der Waals surface area contributed by atoms with Gasteiger partial charge in [0, 0.05) is 25.0 Å². The molecule has 0 fully saturated rings. The first kappa shape index (κ1) is 10.2. The van der Waals surface area contributed by atoms with E-state index in [9.17, 15) is 4.79 Å². The topological polar surface area (TPSA) is 39.8 Å². The lowest BCUT2D eigenvalue weighted by molar-refractivity contribution is 0.522. The Morgan fingerprint density at radius 2 is 2.07 bits per heavy atom. The van der Waals surface area contributed by atoms with Crippen LogP contribution in [0.5, 0.6) is 0 Å². The van der Waals surface area contributed by atoms with E-state index in [1.165, 1.54) is 0 Å². The van der Waals surface area contributed by atoms with Crippen LogP contribution in [-0.4, -0.2) is 14.3 Å². The first-order chi connectivity index (χ1) is 7.25. The molecule has 0 unspecified atom stereocenters. The molecule has 0 aliphatic carbocycles. The molecule has 15 heavy (non-hydrogen) atoms. The van der Waals surface area contributed by atoms with Gasteiger partial charge in [-0.05, 0) is 28.1 Å². The van der Waals surface area contributed by atoms with Crippen LogP contribution in [0.15, 0.2) is 46.1 Å². The van der Waals surface area contributed by atoms with Crippen molar-refractivity contribution in [2.24, 2.45) is 0 Å². The van der Waals surface area contributed by atoms with E-state index in [4.69, 9.17) is 0 Å². The van der Waals surface area contributed by atoms with Gasteiger partial charge in [-0.25, -0.2) is 0 Å². The number of rotatable bonds is 3. The Morgan fingerprint density at radius 1 is 1.20 bits per heavy atom. The van der Waals surface area contributed by atoms with E-state index in [1.54, 1.807) is 27.6 Å². The van der Waals surface area contributed by atoms with Crippen molar-refractivity contribution in [2.75, 3.05) is 0 Å². The summed E-state index contributed by atoms with van der Waals surface area (Å²) < 4.78 is 4.27. The second-order valence-electron chi connectivity index (χ2n) is 3.13.